The van der Waals surface area contributed by atoms with Gasteiger partial charge < -0.3 is 13.7 Å². The number of carbonyl (C=O) groups excluding carboxylic acids is 2. The summed E-state index contributed by atoms with van der Waals surface area (Å²) in [5, 5.41) is 0.501. The predicted molar refractivity (Wildman–Crippen MR) is 97.1 cm³/mol. The van der Waals surface area contributed by atoms with E-state index in [-0.39, 0.29) is 22.5 Å². The summed E-state index contributed by atoms with van der Waals surface area (Å²) in [6.45, 7) is 0.880. The van der Waals surface area contributed by atoms with Crippen LogP contribution in [0.5, 0.6) is 0 Å². The van der Waals surface area contributed by atoms with Crippen LogP contribution in [-0.2, 0) is 11.3 Å². The quantitative estimate of drug-likeness (QED) is 0.365. The van der Waals surface area contributed by atoms with E-state index in [1.165, 1.54) is 26.0 Å². The first-order chi connectivity index (χ1) is 13.6. The molecule has 9 heteroatoms. The molecule has 1 aromatic carbocycles. The molecule has 0 aliphatic heterocycles. The zero-order valence-electron chi connectivity index (χ0n) is 15.5. The van der Waals surface area contributed by atoms with Gasteiger partial charge in [-0.25, -0.2) is 9.59 Å². The second-order valence-electron chi connectivity index (χ2n) is 6.47. The number of hydrogen-bond donors (Lipinski definition) is 0. The molecule has 29 heavy (non-hydrogen) atoms. The van der Waals surface area contributed by atoms with E-state index in [9.17, 15) is 27.6 Å². The molecular weight excluding hydrogens is 391 g/mol. The summed E-state index contributed by atoms with van der Waals surface area (Å²) in [4.78, 5) is 36.5. The summed E-state index contributed by atoms with van der Waals surface area (Å²) in [7, 11) is 0. The second-order valence-corrected chi connectivity index (χ2v) is 6.47. The van der Waals surface area contributed by atoms with E-state index in [1.807, 2.05) is 0 Å². The molecule has 0 aliphatic carbocycles. The molecule has 2 heterocycles. The molecule has 0 spiro atoms. The largest absolute Gasteiger partial charge is 0.453 e. The van der Waals surface area contributed by atoms with Gasteiger partial charge in [-0.15, -0.1) is 0 Å². The maximum absolute atomic E-state index is 12.7. The van der Waals surface area contributed by atoms with Crippen LogP contribution in [0.15, 0.2) is 45.6 Å². The Bertz CT molecular complexity index is 1160. The Balaban J connectivity index is 1.76. The lowest BCUT2D eigenvalue weighted by Crippen LogP contribution is -2.21. The Morgan fingerprint density at radius 1 is 1.10 bits per heavy atom. The highest BCUT2D eigenvalue weighted by Gasteiger charge is 2.30. The minimum Gasteiger partial charge on any atom is -0.453 e. The van der Waals surface area contributed by atoms with E-state index in [0.717, 1.165) is 4.57 Å². The number of Topliss-reactive ketones (excluding diaryl/α,β-unsaturated/α-hetero) is 1. The minimum absolute atomic E-state index is 0.0186. The third kappa shape index (κ3) is 4.39. The van der Waals surface area contributed by atoms with Crippen LogP contribution in [0.25, 0.3) is 11.0 Å². The van der Waals surface area contributed by atoms with Crippen molar-refractivity contribution in [3.63, 3.8) is 0 Å². The van der Waals surface area contributed by atoms with Crippen LogP contribution in [0.4, 0.5) is 13.2 Å². The van der Waals surface area contributed by atoms with E-state index in [2.05, 4.69) is 0 Å². The number of carbonyl (C=O) groups is 2. The summed E-state index contributed by atoms with van der Waals surface area (Å²) in [5.41, 5.74) is -0.605. The number of ketones is 1. The Kier molecular flexibility index (Phi) is 5.32. The molecule has 0 atom stereocenters. The fourth-order valence-corrected chi connectivity index (χ4v) is 3.00. The van der Waals surface area contributed by atoms with Gasteiger partial charge in [0.1, 0.15) is 17.7 Å². The van der Waals surface area contributed by atoms with Gasteiger partial charge in [0.05, 0.1) is 0 Å². The predicted octanol–water partition coefficient (Wildman–Crippen LogP) is 3.81. The molecular formula is C20H16F3NO5. The third-order valence-corrected chi connectivity index (χ3v) is 4.41. The first kappa shape index (κ1) is 20.4. The van der Waals surface area contributed by atoms with Crippen molar-refractivity contribution in [1.82, 2.24) is 4.57 Å². The van der Waals surface area contributed by atoms with E-state index in [0.29, 0.717) is 11.0 Å². The smallest absolute Gasteiger partial charge is 0.406 e. The third-order valence-electron chi connectivity index (χ3n) is 4.41. The number of halogens is 3. The van der Waals surface area contributed by atoms with Gasteiger partial charge >= 0.3 is 17.8 Å². The lowest BCUT2D eigenvalue weighted by Gasteiger charge is -2.12. The number of hydrogen-bond acceptors (Lipinski definition) is 5. The van der Waals surface area contributed by atoms with Crippen molar-refractivity contribution in [2.24, 2.45) is 0 Å². The topological polar surface area (TPSA) is 78.5 Å². The molecule has 3 aromatic rings. The van der Waals surface area contributed by atoms with Crippen LogP contribution < -0.4 is 5.63 Å². The number of esters is 1. The van der Waals surface area contributed by atoms with Crippen molar-refractivity contribution in [3.8, 4) is 0 Å². The summed E-state index contributed by atoms with van der Waals surface area (Å²) < 4.78 is 49.0. The average molecular weight is 407 g/mol. The van der Waals surface area contributed by atoms with E-state index >= 15 is 0 Å². The van der Waals surface area contributed by atoms with Gasteiger partial charge in [0, 0.05) is 22.3 Å². The second kappa shape index (κ2) is 7.57. The summed E-state index contributed by atoms with van der Waals surface area (Å²) >= 11 is 0. The van der Waals surface area contributed by atoms with E-state index < -0.39 is 36.7 Å². The van der Waals surface area contributed by atoms with E-state index in [4.69, 9.17) is 9.15 Å². The number of aromatic nitrogens is 1. The Morgan fingerprint density at radius 3 is 2.48 bits per heavy atom. The lowest BCUT2D eigenvalue weighted by molar-refractivity contribution is -0.141. The number of benzene rings is 1. The molecule has 0 aliphatic rings. The van der Waals surface area contributed by atoms with Crippen molar-refractivity contribution >= 4 is 22.7 Å². The Morgan fingerprint density at radius 2 is 1.79 bits per heavy atom. The van der Waals surface area contributed by atoms with Gasteiger partial charge in [-0.2, -0.15) is 13.2 Å². The fourth-order valence-electron chi connectivity index (χ4n) is 3.00. The highest BCUT2D eigenvalue weighted by molar-refractivity contribution is 6.00. The van der Waals surface area contributed by atoms with Gasteiger partial charge in [0.15, 0.2) is 6.61 Å². The van der Waals surface area contributed by atoms with Crippen LogP contribution >= 0.6 is 0 Å². The molecule has 152 valence electrons. The first-order valence-corrected chi connectivity index (χ1v) is 8.53. The molecule has 0 radical (unpaired) electrons. The normalized spacial score (nSPS) is 11.6. The number of nitrogens with zero attached hydrogens (tertiary/aromatic N) is 1. The van der Waals surface area contributed by atoms with Crippen LogP contribution in [0.3, 0.4) is 0 Å². The maximum atomic E-state index is 12.7. The molecule has 0 amide bonds. The van der Waals surface area contributed by atoms with Gasteiger partial charge in [-0.1, -0.05) is 18.2 Å². The number of aryl methyl sites for hydroxylation is 1. The van der Waals surface area contributed by atoms with Crippen LogP contribution in [0.2, 0.25) is 0 Å². The molecule has 2 aromatic heterocycles. The number of fused-ring (bicyclic) bond motifs is 1. The highest BCUT2D eigenvalue weighted by Crippen LogP contribution is 2.23. The lowest BCUT2D eigenvalue weighted by atomic mass is 10.1. The zero-order chi connectivity index (χ0) is 21.3. The van der Waals surface area contributed by atoms with Crippen molar-refractivity contribution in [2.75, 3.05) is 6.61 Å². The van der Waals surface area contributed by atoms with E-state index in [1.54, 1.807) is 24.3 Å². The maximum Gasteiger partial charge on any atom is 0.406 e. The standard InChI is InChI=1S/C20H16F3NO5/c1-11-7-14(12(2)24(11)10-20(21,22)23)16(25)9-28-18(26)15-8-13-5-3-4-6-17(13)29-19(15)27/h3-8H,9-10H2,1-2H3. The van der Waals surface area contributed by atoms with Crippen molar-refractivity contribution in [3.05, 3.63) is 69.3 Å². The highest BCUT2D eigenvalue weighted by atomic mass is 19.4. The SMILES string of the molecule is Cc1cc(C(=O)COC(=O)c2cc3ccccc3oc2=O)c(C)n1CC(F)(F)F. The molecule has 0 bridgehead atoms. The fraction of sp³-hybridized carbons (Fsp3) is 0.250. The van der Waals surface area contributed by atoms with Gasteiger partial charge in [0.2, 0.25) is 5.78 Å². The number of rotatable bonds is 5. The van der Waals surface area contributed by atoms with Gasteiger partial charge in [-0.3, -0.25) is 4.79 Å². The number of ether oxygens (including phenoxy) is 1. The molecule has 0 unspecified atom stereocenters. The van der Waals surface area contributed by atoms with Crippen molar-refractivity contribution < 1.29 is 31.9 Å². The molecule has 6 nitrogen and oxygen atoms in total. The van der Waals surface area contributed by atoms with Crippen molar-refractivity contribution in [2.45, 2.75) is 26.6 Å². The van der Waals surface area contributed by atoms with Crippen LogP contribution in [0.1, 0.15) is 32.1 Å². The molecule has 0 saturated carbocycles. The van der Waals surface area contributed by atoms with Crippen molar-refractivity contribution in [1.29, 1.82) is 0 Å². The zero-order valence-corrected chi connectivity index (χ0v) is 15.5. The molecule has 0 saturated heterocycles. The molecule has 3 rings (SSSR count). The van der Waals surface area contributed by atoms with Crippen LogP contribution in [0, 0.1) is 13.8 Å². The summed E-state index contributed by atoms with van der Waals surface area (Å²) in [6.07, 6.45) is -4.44. The monoisotopic (exact) mass is 407 g/mol. The number of alkyl halides is 3. The number of para-hydroxylation sites is 1. The summed E-state index contributed by atoms with van der Waals surface area (Å²) in [5.74, 6) is -1.73. The summed E-state index contributed by atoms with van der Waals surface area (Å²) in [6, 6.07) is 9.15. The Labute approximate surface area is 162 Å². The first-order valence-electron chi connectivity index (χ1n) is 8.53. The van der Waals surface area contributed by atoms with Gasteiger partial charge in [0.25, 0.3) is 0 Å². The average Bonchev–Trinajstić information content (AvgIpc) is 2.92. The van der Waals surface area contributed by atoms with Gasteiger partial charge in [-0.05, 0) is 32.0 Å². The molecule has 0 N–H and O–H groups in total. The van der Waals surface area contributed by atoms with Crippen LogP contribution in [-0.4, -0.2) is 29.1 Å². The minimum atomic E-state index is -4.44. The molecule has 0 fully saturated rings. The Hall–Kier alpha value is -3.36.